The maximum Gasteiger partial charge on any atom is 0.331 e. The average molecular weight is 424 g/mol. The van der Waals surface area contributed by atoms with Gasteiger partial charge in [0.25, 0.3) is 5.91 Å². The van der Waals surface area contributed by atoms with E-state index in [1.54, 1.807) is 17.4 Å². The first-order chi connectivity index (χ1) is 14.4. The van der Waals surface area contributed by atoms with Crippen molar-refractivity contribution >= 4 is 29.3 Å². The molecule has 1 amide bonds. The summed E-state index contributed by atoms with van der Waals surface area (Å²) >= 11 is 1.58. The first-order valence-corrected chi connectivity index (χ1v) is 10.5. The number of aromatic nitrogens is 2. The molecule has 156 valence electrons. The number of aryl methyl sites for hydroxylation is 2. The molecule has 3 rings (SSSR count). The summed E-state index contributed by atoms with van der Waals surface area (Å²) in [6, 6.07) is 14.0. The molecule has 6 nitrogen and oxygen atoms in total. The Morgan fingerprint density at radius 1 is 1.13 bits per heavy atom. The predicted molar refractivity (Wildman–Crippen MR) is 118 cm³/mol. The fraction of sp³-hybridized carbons (Fsp3) is 0.261. The Morgan fingerprint density at radius 3 is 2.60 bits per heavy atom. The Kier molecular flexibility index (Phi) is 7.19. The highest BCUT2D eigenvalue weighted by Gasteiger charge is 2.13. The van der Waals surface area contributed by atoms with Gasteiger partial charge in [0.15, 0.2) is 6.61 Å². The second-order valence-corrected chi connectivity index (χ2v) is 8.28. The van der Waals surface area contributed by atoms with Gasteiger partial charge in [-0.05, 0) is 44.5 Å². The normalized spacial score (nSPS) is 11.0. The summed E-state index contributed by atoms with van der Waals surface area (Å²) in [6.07, 6.45) is 3.02. The van der Waals surface area contributed by atoms with Crippen LogP contribution in [0.3, 0.4) is 0 Å². The van der Waals surface area contributed by atoms with Gasteiger partial charge in [-0.15, -0.1) is 11.3 Å². The van der Waals surface area contributed by atoms with Crippen molar-refractivity contribution in [2.45, 2.75) is 33.9 Å². The van der Waals surface area contributed by atoms with E-state index in [4.69, 9.17) is 4.74 Å². The van der Waals surface area contributed by atoms with Crippen LogP contribution in [0.25, 0.3) is 6.08 Å². The molecular formula is C23H25N3O3S. The topological polar surface area (TPSA) is 73.2 Å². The lowest BCUT2D eigenvalue weighted by Crippen LogP contribution is -2.28. The molecule has 0 atom stereocenters. The average Bonchev–Trinajstić information content (AvgIpc) is 3.26. The van der Waals surface area contributed by atoms with E-state index in [1.165, 1.54) is 11.0 Å². The van der Waals surface area contributed by atoms with Crippen LogP contribution in [0.1, 0.15) is 32.3 Å². The number of carbonyl (C=O) groups is 2. The summed E-state index contributed by atoms with van der Waals surface area (Å²) in [4.78, 5) is 26.0. The molecule has 0 aliphatic carbocycles. The second-order valence-electron chi connectivity index (χ2n) is 6.96. The maximum atomic E-state index is 12.1. The van der Waals surface area contributed by atoms with Crippen LogP contribution in [0, 0.1) is 20.8 Å². The summed E-state index contributed by atoms with van der Waals surface area (Å²) < 4.78 is 6.95. The Hall–Kier alpha value is -3.19. The molecule has 0 fully saturated rings. The van der Waals surface area contributed by atoms with Crippen molar-refractivity contribution in [3.05, 3.63) is 80.8 Å². The number of benzene rings is 1. The van der Waals surface area contributed by atoms with E-state index < -0.39 is 5.97 Å². The summed E-state index contributed by atoms with van der Waals surface area (Å²) in [5, 5.41) is 7.38. The first-order valence-electron chi connectivity index (χ1n) is 9.67. The molecule has 0 spiro atoms. The summed E-state index contributed by atoms with van der Waals surface area (Å²) in [5.41, 5.74) is 4.01. The van der Waals surface area contributed by atoms with Gasteiger partial charge in [-0.25, -0.2) is 4.79 Å². The molecule has 2 heterocycles. The van der Waals surface area contributed by atoms with Crippen molar-refractivity contribution in [2.24, 2.45) is 0 Å². The Labute approximate surface area is 180 Å². The lowest BCUT2D eigenvalue weighted by Gasteiger charge is -2.07. The number of nitrogens with one attached hydrogen (secondary N) is 1. The molecule has 0 radical (unpaired) electrons. The standard InChI is InChI=1S/C23H25N3O3S/c1-16-9-10-20(30-16)11-12-23(28)29-15-22(27)24-13-21-17(2)25-26(18(21)3)14-19-7-5-4-6-8-19/h4-12H,13-15H2,1-3H3,(H,24,27)/b12-11+. The van der Waals surface area contributed by atoms with Gasteiger partial charge in [-0.2, -0.15) is 5.10 Å². The highest BCUT2D eigenvalue weighted by molar-refractivity contribution is 7.12. The fourth-order valence-electron chi connectivity index (χ4n) is 3.02. The van der Waals surface area contributed by atoms with Crippen molar-refractivity contribution in [1.29, 1.82) is 0 Å². The van der Waals surface area contributed by atoms with Crippen LogP contribution in [0.2, 0.25) is 0 Å². The van der Waals surface area contributed by atoms with E-state index in [0.717, 1.165) is 27.4 Å². The van der Waals surface area contributed by atoms with Gasteiger partial charge in [0.2, 0.25) is 0 Å². The maximum absolute atomic E-state index is 12.1. The van der Waals surface area contributed by atoms with Crippen LogP contribution >= 0.6 is 11.3 Å². The summed E-state index contributed by atoms with van der Waals surface area (Å²) in [7, 11) is 0. The van der Waals surface area contributed by atoms with E-state index in [-0.39, 0.29) is 12.5 Å². The van der Waals surface area contributed by atoms with Gasteiger partial charge in [-0.3, -0.25) is 9.48 Å². The van der Waals surface area contributed by atoms with Gasteiger partial charge in [0, 0.05) is 33.6 Å². The van der Waals surface area contributed by atoms with Crippen LogP contribution in [-0.4, -0.2) is 28.3 Å². The number of carbonyl (C=O) groups excluding carboxylic acids is 2. The van der Waals surface area contributed by atoms with Crippen LogP contribution in [0.15, 0.2) is 48.5 Å². The molecule has 2 aromatic heterocycles. The largest absolute Gasteiger partial charge is 0.452 e. The predicted octanol–water partition coefficient (Wildman–Crippen LogP) is 3.79. The Bertz CT molecular complexity index is 1050. The zero-order valence-corrected chi connectivity index (χ0v) is 18.2. The molecule has 0 aliphatic rings. The lowest BCUT2D eigenvalue weighted by molar-refractivity contribution is -0.143. The third-order valence-corrected chi connectivity index (χ3v) is 5.63. The van der Waals surface area contributed by atoms with Gasteiger partial charge in [-0.1, -0.05) is 30.3 Å². The van der Waals surface area contributed by atoms with E-state index in [0.29, 0.717) is 13.1 Å². The molecule has 3 aromatic rings. The molecule has 0 saturated carbocycles. The minimum atomic E-state index is -0.542. The molecule has 1 N–H and O–H groups in total. The molecule has 0 bridgehead atoms. The number of hydrogen-bond acceptors (Lipinski definition) is 5. The highest BCUT2D eigenvalue weighted by Crippen LogP contribution is 2.16. The van der Waals surface area contributed by atoms with Crippen molar-refractivity contribution in [1.82, 2.24) is 15.1 Å². The smallest absolute Gasteiger partial charge is 0.331 e. The summed E-state index contributed by atoms with van der Waals surface area (Å²) in [5.74, 6) is -0.891. The third kappa shape index (κ3) is 5.90. The quantitative estimate of drug-likeness (QED) is 0.442. The highest BCUT2D eigenvalue weighted by atomic mass is 32.1. The number of amides is 1. The molecule has 30 heavy (non-hydrogen) atoms. The third-order valence-electron chi connectivity index (χ3n) is 4.66. The van der Waals surface area contributed by atoms with E-state index in [9.17, 15) is 9.59 Å². The number of hydrogen-bond donors (Lipinski definition) is 1. The number of ether oxygens (including phenoxy) is 1. The number of thiophene rings is 1. The number of esters is 1. The van der Waals surface area contributed by atoms with Gasteiger partial charge >= 0.3 is 5.97 Å². The van der Waals surface area contributed by atoms with Gasteiger partial charge in [0.05, 0.1) is 12.2 Å². The number of rotatable bonds is 8. The Morgan fingerprint density at radius 2 is 1.90 bits per heavy atom. The molecule has 1 aromatic carbocycles. The van der Waals surface area contributed by atoms with Crippen LogP contribution in [0.4, 0.5) is 0 Å². The van der Waals surface area contributed by atoms with Crippen LogP contribution in [-0.2, 0) is 27.4 Å². The monoisotopic (exact) mass is 423 g/mol. The second kappa shape index (κ2) is 10.0. The van der Waals surface area contributed by atoms with Gasteiger partial charge < -0.3 is 10.1 Å². The van der Waals surface area contributed by atoms with Crippen LogP contribution < -0.4 is 5.32 Å². The summed E-state index contributed by atoms with van der Waals surface area (Å²) in [6.45, 7) is 6.61. The molecule has 0 saturated heterocycles. The molecule has 0 unspecified atom stereocenters. The minimum absolute atomic E-state index is 0.317. The van der Waals surface area contributed by atoms with E-state index in [2.05, 4.69) is 22.5 Å². The molecular weight excluding hydrogens is 398 g/mol. The van der Waals surface area contributed by atoms with E-state index >= 15 is 0 Å². The lowest BCUT2D eigenvalue weighted by atomic mass is 10.2. The van der Waals surface area contributed by atoms with Crippen molar-refractivity contribution in [2.75, 3.05) is 6.61 Å². The minimum Gasteiger partial charge on any atom is -0.452 e. The SMILES string of the molecule is Cc1ccc(/C=C/C(=O)OCC(=O)NCc2c(C)nn(Cc3ccccc3)c2C)s1. The number of nitrogens with zero attached hydrogens (tertiary/aromatic N) is 2. The van der Waals surface area contributed by atoms with Gasteiger partial charge in [0.1, 0.15) is 0 Å². The van der Waals surface area contributed by atoms with Crippen molar-refractivity contribution < 1.29 is 14.3 Å². The molecule has 0 aliphatic heterocycles. The fourth-order valence-corrected chi connectivity index (χ4v) is 3.80. The molecule has 7 heteroatoms. The first kappa shape index (κ1) is 21.5. The van der Waals surface area contributed by atoms with E-state index in [1.807, 2.05) is 55.8 Å². The van der Waals surface area contributed by atoms with Crippen LogP contribution in [0.5, 0.6) is 0 Å². The Balaban J connectivity index is 1.48. The zero-order valence-electron chi connectivity index (χ0n) is 17.3. The zero-order chi connectivity index (χ0) is 21.5. The van der Waals surface area contributed by atoms with Crippen molar-refractivity contribution in [3.63, 3.8) is 0 Å². The van der Waals surface area contributed by atoms with Crippen molar-refractivity contribution in [3.8, 4) is 0 Å².